The maximum Gasteiger partial charge on any atom is 0.336 e. The van der Waals surface area contributed by atoms with E-state index in [9.17, 15) is 14.7 Å². The normalized spacial score (nSPS) is 13.1. The van der Waals surface area contributed by atoms with E-state index in [-0.39, 0.29) is 12.2 Å². The van der Waals surface area contributed by atoms with E-state index in [4.69, 9.17) is 5.11 Å². The minimum atomic E-state index is -0.601. The standard InChI is InChI=1S/C18H28N4O4/c1-20-13-19-16-15(20)17(25)22(18(26)21(16)2)11-9-7-5-3-4-6-8-10-14(24)12-23/h9,11,13-14,23-24H,3-8,10,12H2,1-2H3. The van der Waals surface area contributed by atoms with E-state index in [2.05, 4.69) is 4.98 Å². The highest BCUT2D eigenvalue weighted by Gasteiger charge is 2.13. The molecule has 0 bridgehead atoms. The predicted molar refractivity (Wildman–Crippen MR) is 101 cm³/mol. The van der Waals surface area contributed by atoms with E-state index < -0.39 is 11.8 Å². The van der Waals surface area contributed by atoms with Gasteiger partial charge in [-0.25, -0.2) is 14.3 Å². The summed E-state index contributed by atoms with van der Waals surface area (Å²) in [5, 5.41) is 18.0. The number of aliphatic hydroxyl groups excluding tert-OH is 2. The molecule has 0 amide bonds. The molecule has 2 aromatic rings. The Kier molecular flexibility index (Phi) is 7.35. The summed E-state index contributed by atoms with van der Waals surface area (Å²) < 4.78 is 4.12. The number of rotatable bonds is 10. The molecule has 2 heterocycles. The Hall–Kier alpha value is -2.19. The van der Waals surface area contributed by atoms with Crippen LogP contribution in [0, 0.1) is 0 Å². The molecule has 8 nitrogen and oxygen atoms in total. The van der Waals surface area contributed by atoms with Gasteiger partial charge in [0.15, 0.2) is 11.2 Å². The van der Waals surface area contributed by atoms with Crippen LogP contribution in [0.4, 0.5) is 0 Å². The van der Waals surface area contributed by atoms with Crippen molar-refractivity contribution in [2.45, 2.75) is 51.0 Å². The lowest BCUT2D eigenvalue weighted by atomic mass is 10.1. The summed E-state index contributed by atoms with van der Waals surface area (Å²) in [5.41, 5.74) is 0.0296. The second-order valence-corrected chi connectivity index (χ2v) is 6.61. The first kappa shape index (κ1) is 20.1. The van der Waals surface area contributed by atoms with Gasteiger partial charge >= 0.3 is 5.69 Å². The summed E-state index contributed by atoms with van der Waals surface area (Å²) in [6.45, 7) is -0.172. The van der Waals surface area contributed by atoms with Gasteiger partial charge in [-0.2, -0.15) is 0 Å². The molecule has 2 N–H and O–H groups in total. The number of aliphatic hydroxyl groups is 2. The highest BCUT2D eigenvalue weighted by Crippen LogP contribution is 2.09. The summed E-state index contributed by atoms with van der Waals surface area (Å²) in [6, 6.07) is 0. The van der Waals surface area contributed by atoms with Gasteiger partial charge in [-0.05, 0) is 19.3 Å². The van der Waals surface area contributed by atoms with Crippen molar-refractivity contribution in [2.75, 3.05) is 6.61 Å². The molecule has 2 rings (SSSR count). The van der Waals surface area contributed by atoms with Crippen LogP contribution < -0.4 is 11.2 Å². The Labute approximate surface area is 152 Å². The number of nitrogens with zero attached hydrogens (tertiary/aromatic N) is 4. The number of imidazole rings is 1. The Morgan fingerprint density at radius 2 is 1.85 bits per heavy atom. The second kappa shape index (κ2) is 9.49. The highest BCUT2D eigenvalue weighted by molar-refractivity contribution is 5.70. The van der Waals surface area contributed by atoms with E-state index in [1.165, 1.54) is 10.9 Å². The van der Waals surface area contributed by atoms with Crippen molar-refractivity contribution in [3.8, 4) is 0 Å². The van der Waals surface area contributed by atoms with Gasteiger partial charge in [-0.1, -0.05) is 31.8 Å². The summed E-state index contributed by atoms with van der Waals surface area (Å²) >= 11 is 0. The number of allylic oxidation sites excluding steroid dienone is 1. The van der Waals surface area contributed by atoms with Crippen molar-refractivity contribution in [3.63, 3.8) is 0 Å². The molecule has 1 atom stereocenters. The van der Waals surface area contributed by atoms with E-state index in [1.807, 2.05) is 6.08 Å². The third-order valence-corrected chi connectivity index (χ3v) is 4.52. The predicted octanol–water partition coefficient (Wildman–Crippen LogP) is 0.988. The Morgan fingerprint density at radius 1 is 1.15 bits per heavy atom. The van der Waals surface area contributed by atoms with Crippen molar-refractivity contribution in [1.29, 1.82) is 0 Å². The lowest BCUT2D eigenvalue weighted by molar-refractivity contribution is 0.0860. The minimum Gasteiger partial charge on any atom is -0.394 e. The van der Waals surface area contributed by atoms with Crippen LogP contribution in [-0.4, -0.2) is 41.6 Å². The summed E-state index contributed by atoms with van der Waals surface area (Å²) in [7, 11) is 3.34. The second-order valence-electron chi connectivity index (χ2n) is 6.61. The molecule has 0 radical (unpaired) electrons. The van der Waals surface area contributed by atoms with E-state index >= 15 is 0 Å². The number of aromatic nitrogens is 4. The number of hydrogen-bond acceptors (Lipinski definition) is 5. The fraction of sp³-hybridized carbons (Fsp3) is 0.611. The van der Waals surface area contributed by atoms with Gasteiger partial charge in [0, 0.05) is 20.3 Å². The van der Waals surface area contributed by atoms with Crippen LogP contribution in [-0.2, 0) is 14.1 Å². The molecule has 144 valence electrons. The van der Waals surface area contributed by atoms with E-state index in [0.29, 0.717) is 17.6 Å². The number of hydrogen-bond donors (Lipinski definition) is 2. The zero-order valence-electron chi connectivity index (χ0n) is 15.5. The quantitative estimate of drug-likeness (QED) is 0.612. The van der Waals surface area contributed by atoms with Gasteiger partial charge in [0.25, 0.3) is 5.56 Å². The lowest BCUT2D eigenvalue weighted by Gasteiger charge is -2.06. The Bertz CT molecular complexity index is 862. The van der Waals surface area contributed by atoms with Gasteiger partial charge in [0.2, 0.25) is 0 Å². The van der Waals surface area contributed by atoms with Crippen LogP contribution in [0.2, 0.25) is 0 Å². The van der Waals surface area contributed by atoms with Gasteiger partial charge in [-0.15, -0.1) is 0 Å². The number of aryl methyl sites for hydroxylation is 2. The van der Waals surface area contributed by atoms with Crippen LogP contribution in [0.15, 0.2) is 22.0 Å². The Morgan fingerprint density at radius 3 is 2.58 bits per heavy atom. The van der Waals surface area contributed by atoms with E-state index in [1.54, 1.807) is 24.9 Å². The van der Waals surface area contributed by atoms with Crippen LogP contribution >= 0.6 is 0 Å². The minimum absolute atomic E-state index is 0.172. The van der Waals surface area contributed by atoms with Crippen LogP contribution in [0.25, 0.3) is 17.4 Å². The SMILES string of the molecule is Cn1cnc2c1c(=O)n(C=CCCCCCCCC(O)CO)c(=O)n2C. The fourth-order valence-corrected chi connectivity index (χ4v) is 2.94. The summed E-state index contributed by atoms with van der Waals surface area (Å²) in [5.74, 6) is 0. The molecule has 0 aliphatic carbocycles. The van der Waals surface area contributed by atoms with Gasteiger partial charge in [-0.3, -0.25) is 9.36 Å². The molecule has 0 saturated heterocycles. The average Bonchev–Trinajstić information content (AvgIpc) is 3.02. The molecule has 0 aliphatic rings. The zero-order chi connectivity index (χ0) is 19.1. The first-order valence-electron chi connectivity index (χ1n) is 9.05. The molecule has 0 saturated carbocycles. The molecule has 8 heteroatoms. The first-order valence-corrected chi connectivity index (χ1v) is 9.05. The molecule has 0 fully saturated rings. The maximum absolute atomic E-state index is 12.5. The summed E-state index contributed by atoms with van der Waals surface area (Å²) in [4.78, 5) is 28.9. The van der Waals surface area contributed by atoms with Crippen LogP contribution in [0.3, 0.4) is 0 Å². The van der Waals surface area contributed by atoms with Crippen molar-refractivity contribution in [2.24, 2.45) is 14.1 Å². The molecule has 26 heavy (non-hydrogen) atoms. The van der Waals surface area contributed by atoms with Gasteiger partial charge in [0.1, 0.15) is 0 Å². The smallest absolute Gasteiger partial charge is 0.336 e. The molecule has 2 aromatic heterocycles. The third kappa shape index (κ3) is 4.70. The first-order chi connectivity index (χ1) is 12.5. The fourth-order valence-electron chi connectivity index (χ4n) is 2.94. The van der Waals surface area contributed by atoms with Gasteiger partial charge in [0.05, 0.1) is 19.0 Å². The topological polar surface area (TPSA) is 102 Å². The Balaban J connectivity index is 1.87. The largest absolute Gasteiger partial charge is 0.394 e. The van der Waals surface area contributed by atoms with Crippen molar-refractivity contribution in [1.82, 2.24) is 18.7 Å². The number of unbranched alkanes of at least 4 members (excludes halogenated alkanes) is 5. The maximum atomic E-state index is 12.5. The van der Waals surface area contributed by atoms with Crippen LogP contribution in [0.5, 0.6) is 0 Å². The van der Waals surface area contributed by atoms with Crippen molar-refractivity contribution >= 4 is 17.4 Å². The average molecular weight is 364 g/mol. The third-order valence-electron chi connectivity index (χ3n) is 4.52. The molecule has 1 unspecified atom stereocenters. The molecular formula is C18H28N4O4. The monoisotopic (exact) mass is 364 g/mol. The molecular weight excluding hydrogens is 336 g/mol. The van der Waals surface area contributed by atoms with Gasteiger partial charge < -0.3 is 14.8 Å². The zero-order valence-corrected chi connectivity index (χ0v) is 15.5. The number of fused-ring (bicyclic) bond motifs is 1. The highest BCUT2D eigenvalue weighted by atomic mass is 16.3. The lowest BCUT2D eigenvalue weighted by Crippen LogP contribution is -2.36. The molecule has 0 spiro atoms. The summed E-state index contributed by atoms with van der Waals surface area (Å²) in [6.07, 6.45) is 10.8. The molecule has 0 aliphatic heterocycles. The van der Waals surface area contributed by atoms with Crippen molar-refractivity contribution in [3.05, 3.63) is 33.2 Å². The molecule has 0 aromatic carbocycles. The van der Waals surface area contributed by atoms with E-state index in [0.717, 1.165) is 43.1 Å². The van der Waals surface area contributed by atoms with Crippen molar-refractivity contribution < 1.29 is 10.2 Å². The van der Waals surface area contributed by atoms with Crippen LogP contribution in [0.1, 0.15) is 44.9 Å².